The molecular formula is C22H17ClFN3O4S. The third-order valence-electron chi connectivity index (χ3n) is 4.68. The number of carbonyl (C=O) groups excluding carboxylic acids is 3. The van der Waals surface area contributed by atoms with Crippen LogP contribution in [0.2, 0.25) is 5.02 Å². The maximum atomic E-state index is 13.3. The van der Waals surface area contributed by atoms with Crippen molar-refractivity contribution in [2.24, 2.45) is 5.92 Å². The minimum atomic E-state index is -1.32. The Morgan fingerprint density at radius 3 is 2.69 bits per heavy atom. The summed E-state index contributed by atoms with van der Waals surface area (Å²) < 4.78 is 18.1. The molecule has 0 aromatic heterocycles. The maximum absolute atomic E-state index is 13.3. The highest BCUT2D eigenvalue weighted by Crippen LogP contribution is 2.42. The van der Waals surface area contributed by atoms with E-state index in [4.69, 9.17) is 16.3 Å². The van der Waals surface area contributed by atoms with Crippen molar-refractivity contribution < 1.29 is 23.5 Å². The van der Waals surface area contributed by atoms with Gasteiger partial charge in [-0.05, 0) is 29.8 Å². The minimum absolute atomic E-state index is 0.0802. The number of nitrogens with zero attached hydrogens (tertiary/aromatic N) is 1. The van der Waals surface area contributed by atoms with Crippen LogP contribution in [0.5, 0.6) is 0 Å². The number of esters is 1. The second-order valence-corrected chi connectivity index (χ2v) is 8.08. The molecule has 10 heteroatoms. The van der Waals surface area contributed by atoms with Gasteiger partial charge in [-0.2, -0.15) is 5.26 Å². The Hall–Kier alpha value is -3.35. The van der Waals surface area contributed by atoms with Crippen molar-refractivity contribution in [3.63, 3.8) is 0 Å². The van der Waals surface area contributed by atoms with Crippen LogP contribution in [0, 0.1) is 23.1 Å². The molecule has 2 N–H and O–H groups in total. The Balaban J connectivity index is 1.91. The minimum Gasteiger partial charge on any atom is -0.468 e. The van der Waals surface area contributed by atoms with Gasteiger partial charge in [-0.1, -0.05) is 47.6 Å². The van der Waals surface area contributed by atoms with Crippen molar-refractivity contribution in [1.82, 2.24) is 5.32 Å². The van der Waals surface area contributed by atoms with E-state index in [1.165, 1.54) is 24.3 Å². The number of hydrogen-bond acceptors (Lipinski definition) is 6. The predicted octanol–water partition coefficient (Wildman–Crippen LogP) is 3.59. The topological polar surface area (TPSA) is 108 Å². The smallest absolute Gasteiger partial charge is 0.319 e. The molecule has 0 saturated heterocycles. The van der Waals surface area contributed by atoms with E-state index < -0.39 is 35.4 Å². The van der Waals surface area contributed by atoms with Gasteiger partial charge in [0.15, 0.2) is 0 Å². The molecule has 2 atom stereocenters. The number of benzene rings is 2. The molecule has 1 aliphatic rings. The lowest BCUT2D eigenvalue weighted by Gasteiger charge is -2.31. The second-order valence-electron chi connectivity index (χ2n) is 6.69. The summed E-state index contributed by atoms with van der Waals surface area (Å²) in [4.78, 5) is 37.5. The lowest BCUT2D eigenvalue weighted by Crippen LogP contribution is -2.44. The number of methoxy groups -OCH3 is 1. The van der Waals surface area contributed by atoms with Crippen molar-refractivity contribution in [2.75, 3.05) is 18.2 Å². The number of rotatable bonds is 6. The molecule has 2 amide bonds. The molecule has 7 nitrogen and oxygen atoms in total. The van der Waals surface area contributed by atoms with Crippen LogP contribution in [0.3, 0.4) is 0 Å². The molecule has 0 fully saturated rings. The van der Waals surface area contributed by atoms with Crippen molar-refractivity contribution in [1.29, 1.82) is 5.26 Å². The van der Waals surface area contributed by atoms with Gasteiger partial charge in [-0.3, -0.25) is 14.4 Å². The van der Waals surface area contributed by atoms with Crippen LogP contribution in [-0.2, 0) is 19.1 Å². The lowest BCUT2D eigenvalue weighted by molar-refractivity contribution is -0.150. The van der Waals surface area contributed by atoms with Crippen LogP contribution >= 0.6 is 23.4 Å². The molecule has 1 heterocycles. The summed E-state index contributed by atoms with van der Waals surface area (Å²) in [5, 5.41) is 15.3. The molecule has 0 saturated carbocycles. The fourth-order valence-corrected chi connectivity index (χ4v) is 4.39. The molecule has 2 aromatic rings. The van der Waals surface area contributed by atoms with Gasteiger partial charge in [0.25, 0.3) is 0 Å². The standard InChI is InChI=1S/C22H17ClFN3O4S/c1-31-22(30)19-18(14-7-2-3-8-16(14)23)15(10-25)21(27-20(19)29)32-11-17(28)26-13-6-4-5-12(24)9-13/h2-9,18-19H,11H2,1H3,(H,26,28)(H,27,29)/t18-,19-/m0/s1. The van der Waals surface area contributed by atoms with Crippen molar-refractivity contribution in [2.45, 2.75) is 5.92 Å². The van der Waals surface area contributed by atoms with E-state index in [1.54, 1.807) is 24.3 Å². The number of carbonyl (C=O) groups is 3. The summed E-state index contributed by atoms with van der Waals surface area (Å²) in [7, 11) is 1.15. The van der Waals surface area contributed by atoms with E-state index in [0.29, 0.717) is 5.56 Å². The van der Waals surface area contributed by atoms with Crippen LogP contribution < -0.4 is 10.6 Å². The number of nitriles is 1. The average Bonchev–Trinajstić information content (AvgIpc) is 2.77. The number of thioether (sulfide) groups is 1. The van der Waals surface area contributed by atoms with Gasteiger partial charge in [0, 0.05) is 16.6 Å². The van der Waals surface area contributed by atoms with Crippen LogP contribution in [-0.4, -0.2) is 30.6 Å². The molecule has 0 unspecified atom stereocenters. The number of hydrogen-bond donors (Lipinski definition) is 2. The zero-order valence-corrected chi connectivity index (χ0v) is 18.3. The number of halogens is 2. The van der Waals surface area contributed by atoms with Gasteiger partial charge in [-0.15, -0.1) is 0 Å². The van der Waals surface area contributed by atoms with E-state index in [9.17, 15) is 24.0 Å². The van der Waals surface area contributed by atoms with E-state index >= 15 is 0 Å². The third kappa shape index (κ3) is 5.10. The Morgan fingerprint density at radius 2 is 2.03 bits per heavy atom. The van der Waals surface area contributed by atoms with Gasteiger partial charge >= 0.3 is 5.97 Å². The number of allylic oxidation sites excluding steroid dienone is 1. The first-order valence-electron chi connectivity index (χ1n) is 9.31. The van der Waals surface area contributed by atoms with Crippen molar-refractivity contribution in [3.05, 3.63) is 75.5 Å². The van der Waals surface area contributed by atoms with Gasteiger partial charge < -0.3 is 15.4 Å². The largest absolute Gasteiger partial charge is 0.468 e. The molecule has 0 bridgehead atoms. The summed E-state index contributed by atoms with van der Waals surface area (Å²) in [6.45, 7) is 0. The van der Waals surface area contributed by atoms with Gasteiger partial charge in [0.1, 0.15) is 11.7 Å². The fraction of sp³-hybridized carbons (Fsp3) is 0.182. The quantitative estimate of drug-likeness (QED) is 0.490. The van der Waals surface area contributed by atoms with Crippen LogP contribution in [0.1, 0.15) is 11.5 Å². The summed E-state index contributed by atoms with van der Waals surface area (Å²) in [5.41, 5.74) is 0.771. The zero-order chi connectivity index (χ0) is 23.3. The molecule has 0 spiro atoms. The third-order valence-corrected chi connectivity index (χ3v) is 6.04. The Bertz CT molecular complexity index is 1150. The van der Waals surface area contributed by atoms with E-state index in [0.717, 1.165) is 18.9 Å². The van der Waals surface area contributed by atoms with Gasteiger partial charge in [0.05, 0.1) is 29.5 Å². The van der Waals surface area contributed by atoms with E-state index in [-0.39, 0.29) is 27.1 Å². The zero-order valence-electron chi connectivity index (χ0n) is 16.7. The van der Waals surface area contributed by atoms with Crippen LogP contribution in [0.4, 0.5) is 10.1 Å². The van der Waals surface area contributed by atoms with Crippen molar-refractivity contribution in [3.8, 4) is 6.07 Å². The van der Waals surface area contributed by atoms with Crippen molar-refractivity contribution >= 4 is 46.8 Å². The number of anilines is 1. The summed E-state index contributed by atoms with van der Waals surface area (Å²) in [6, 6.07) is 14.0. The second kappa shape index (κ2) is 10.3. The number of nitrogens with one attached hydrogen (secondary N) is 2. The number of ether oxygens (including phenoxy) is 1. The highest BCUT2D eigenvalue weighted by molar-refractivity contribution is 8.03. The normalized spacial score (nSPS) is 17.9. The molecule has 0 radical (unpaired) electrons. The molecule has 2 aromatic carbocycles. The summed E-state index contributed by atoms with van der Waals surface area (Å²) in [5.74, 6) is -4.93. The van der Waals surface area contributed by atoms with Crippen LogP contribution in [0.25, 0.3) is 0 Å². The van der Waals surface area contributed by atoms with Gasteiger partial charge in [0.2, 0.25) is 11.8 Å². The molecule has 0 aliphatic carbocycles. The lowest BCUT2D eigenvalue weighted by atomic mass is 9.78. The molecule has 164 valence electrons. The molecule has 1 aliphatic heterocycles. The van der Waals surface area contributed by atoms with E-state index in [1.807, 2.05) is 6.07 Å². The van der Waals surface area contributed by atoms with E-state index in [2.05, 4.69) is 10.6 Å². The molecule has 3 rings (SSSR count). The maximum Gasteiger partial charge on any atom is 0.319 e. The Morgan fingerprint density at radius 1 is 1.28 bits per heavy atom. The average molecular weight is 474 g/mol. The first kappa shape index (κ1) is 23.3. The molecule has 32 heavy (non-hydrogen) atoms. The SMILES string of the molecule is COC(=O)[C@@H]1C(=O)NC(SCC(=O)Nc2cccc(F)c2)=C(C#N)[C@@H]1c1ccccc1Cl. The number of amides is 2. The fourth-order valence-electron chi connectivity index (χ4n) is 3.28. The van der Waals surface area contributed by atoms with Gasteiger partial charge in [-0.25, -0.2) is 4.39 Å². The Kier molecular flexibility index (Phi) is 7.51. The summed E-state index contributed by atoms with van der Waals surface area (Å²) >= 11 is 7.22. The predicted molar refractivity (Wildman–Crippen MR) is 118 cm³/mol. The highest BCUT2D eigenvalue weighted by Gasteiger charge is 2.45. The monoisotopic (exact) mass is 473 g/mol. The Labute approximate surface area is 192 Å². The summed E-state index contributed by atoms with van der Waals surface area (Å²) in [6.07, 6.45) is 0. The van der Waals surface area contributed by atoms with Crippen LogP contribution in [0.15, 0.2) is 59.1 Å². The first-order valence-corrected chi connectivity index (χ1v) is 10.7. The highest BCUT2D eigenvalue weighted by atomic mass is 35.5. The molecular weight excluding hydrogens is 457 g/mol. The first-order chi connectivity index (χ1) is 15.3.